The Kier molecular flexibility index (Phi) is 6.54. The van der Waals surface area contributed by atoms with Gasteiger partial charge in [0.25, 0.3) is 0 Å². The van der Waals surface area contributed by atoms with Gasteiger partial charge in [0.1, 0.15) is 11.5 Å². The Balaban J connectivity index is 1.90. The molecule has 0 spiro atoms. The molecule has 0 aliphatic heterocycles. The first-order chi connectivity index (χ1) is 11.7. The number of carbonyl (C=O) groups is 1. The Morgan fingerprint density at radius 1 is 1.08 bits per heavy atom. The molecule has 0 fully saturated rings. The van der Waals surface area contributed by atoms with E-state index in [2.05, 4.69) is 22.5 Å². The average molecular weight is 324 g/mol. The molecule has 2 rings (SSSR count). The van der Waals surface area contributed by atoms with Gasteiger partial charge in [-0.05, 0) is 31.2 Å². The molecular formula is C19H20N2O3. The van der Waals surface area contributed by atoms with Crippen LogP contribution in [0.4, 0.5) is 10.5 Å². The zero-order valence-electron chi connectivity index (χ0n) is 13.8. The van der Waals surface area contributed by atoms with Crippen LogP contribution in [0, 0.1) is 11.8 Å². The summed E-state index contributed by atoms with van der Waals surface area (Å²) >= 11 is 0. The van der Waals surface area contributed by atoms with E-state index in [0.29, 0.717) is 23.8 Å². The Morgan fingerprint density at radius 3 is 2.54 bits per heavy atom. The van der Waals surface area contributed by atoms with Crippen LogP contribution in [0.25, 0.3) is 0 Å². The Hall–Kier alpha value is -3.13. The lowest BCUT2D eigenvalue weighted by Gasteiger charge is -2.11. The first-order valence-electron chi connectivity index (χ1n) is 7.63. The molecular weight excluding hydrogens is 304 g/mol. The minimum atomic E-state index is -0.337. The van der Waals surface area contributed by atoms with E-state index in [4.69, 9.17) is 9.47 Å². The maximum atomic E-state index is 11.9. The monoisotopic (exact) mass is 324 g/mol. The molecule has 0 radical (unpaired) electrons. The number of ether oxygens (including phenoxy) is 2. The number of benzene rings is 2. The lowest BCUT2D eigenvalue weighted by molar-refractivity contribution is 0.253. The lowest BCUT2D eigenvalue weighted by atomic mass is 10.2. The van der Waals surface area contributed by atoms with Crippen molar-refractivity contribution in [1.82, 2.24) is 5.32 Å². The van der Waals surface area contributed by atoms with E-state index in [0.717, 1.165) is 5.56 Å². The van der Waals surface area contributed by atoms with Gasteiger partial charge in [0.05, 0.1) is 31.5 Å². The third-order valence-corrected chi connectivity index (χ3v) is 3.10. The number of amides is 2. The van der Waals surface area contributed by atoms with E-state index < -0.39 is 0 Å². The topological polar surface area (TPSA) is 59.6 Å². The molecule has 0 aromatic heterocycles. The number of carbonyl (C=O) groups excluding carboxylic acids is 1. The largest absolute Gasteiger partial charge is 0.495 e. The zero-order valence-corrected chi connectivity index (χ0v) is 13.8. The molecule has 0 atom stereocenters. The Labute approximate surface area is 142 Å². The van der Waals surface area contributed by atoms with Gasteiger partial charge in [0.15, 0.2) is 0 Å². The summed E-state index contributed by atoms with van der Waals surface area (Å²) in [5.41, 5.74) is 1.40. The van der Waals surface area contributed by atoms with Crippen molar-refractivity contribution in [3.8, 4) is 23.3 Å². The minimum Gasteiger partial charge on any atom is -0.495 e. The fourth-order valence-electron chi connectivity index (χ4n) is 2.03. The quantitative estimate of drug-likeness (QED) is 0.830. The standard InChI is InChI=1S/C19H20N2O3/c1-3-24-18-13-7-5-11-16(18)21-19(22)20-14-8-10-15-9-4-6-12-17(15)23-2/h4-7,9,11-13H,3,14H2,1-2H3,(H2,20,21,22). The molecule has 0 saturated carbocycles. The minimum absolute atomic E-state index is 0.223. The van der Waals surface area contributed by atoms with Crippen molar-refractivity contribution >= 4 is 11.7 Å². The van der Waals surface area contributed by atoms with Crippen molar-refractivity contribution in [2.45, 2.75) is 6.92 Å². The van der Waals surface area contributed by atoms with Crippen LogP contribution in [0.15, 0.2) is 48.5 Å². The molecule has 0 unspecified atom stereocenters. The summed E-state index contributed by atoms with van der Waals surface area (Å²) in [4.78, 5) is 11.9. The second-order valence-electron chi connectivity index (χ2n) is 4.74. The summed E-state index contributed by atoms with van der Waals surface area (Å²) < 4.78 is 10.7. The van der Waals surface area contributed by atoms with Crippen molar-refractivity contribution in [2.24, 2.45) is 0 Å². The van der Waals surface area contributed by atoms with Crippen molar-refractivity contribution < 1.29 is 14.3 Å². The maximum absolute atomic E-state index is 11.9. The molecule has 0 bridgehead atoms. The van der Waals surface area contributed by atoms with E-state index in [9.17, 15) is 4.79 Å². The maximum Gasteiger partial charge on any atom is 0.320 e. The van der Waals surface area contributed by atoms with Crippen LogP contribution < -0.4 is 20.1 Å². The Morgan fingerprint density at radius 2 is 1.79 bits per heavy atom. The van der Waals surface area contributed by atoms with Crippen LogP contribution in [0.5, 0.6) is 11.5 Å². The molecule has 0 saturated heterocycles. The van der Waals surface area contributed by atoms with Gasteiger partial charge < -0.3 is 20.1 Å². The van der Waals surface area contributed by atoms with Gasteiger partial charge in [-0.1, -0.05) is 36.1 Å². The van der Waals surface area contributed by atoms with Crippen molar-refractivity contribution in [1.29, 1.82) is 0 Å². The molecule has 2 N–H and O–H groups in total. The summed E-state index contributed by atoms with van der Waals surface area (Å²) in [5, 5.41) is 5.44. The van der Waals surface area contributed by atoms with Crippen LogP contribution in [0.2, 0.25) is 0 Å². The zero-order chi connectivity index (χ0) is 17.2. The molecule has 2 aromatic carbocycles. The van der Waals surface area contributed by atoms with E-state index in [1.807, 2.05) is 43.3 Å². The first kappa shape index (κ1) is 17.2. The predicted molar refractivity (Wildman–Crippen MR) is 94.5 cm³/mol. The van der Waals surface area contributed by atoms with Gasteiger partial charge >= 0.3 is 6.03 Å². The molecule has 0 aliphatic rings. The van der Waals surface area contributed by atoms with Crippen LogP contribution in [-0.2, 0) is 0 Å². The average Bonchev–Trinajstić information content (AvgIpc) is 2.61. The van der Waals surface area contributed by atoms with E-state index >= 15 is 0 Å². The van der Waals surface area contributed by atoms with Gasteiger partial charge in [-0.25, -0.2) is 4.79 Å². The van der Waals surface area contributed by atoms with Crippen LogP contribution in [0.3, 0.4) is 0 Å². The van der Waals surface area contributed by atoms with Crippen LogP contribution in [-0.4, -0.2) is 26.3 Å². The number of hydrogen-bond acceptors (Lipinski definition) is 3. The highest BCUT2D eigenvalue weighted by atomic mass is 16.5. The summed E-state index contributed by atoms with van der Waals surface area (Å²) in [5.74, 6) is 7.22. The fraction of sp³-hybridized carbons (Fsp3) is 0.211. The smallest absolute Gasteiger partial charge is 0.320 e. The number of urea groups is 1. The Bertz CT molecular complexity index is 748. The second-order valence-corrected chi connectivity index (χ2v) is 4.74. The normalized spacial score (nSPS) is 9.42. The summed E-state index contributed by atoms with van der Waals surface area (Å²) in [6.45, 7) is 2.65. The highest BCUT2D eigenvalue weighted by Crippen LogP contribution is 2.23. The van der Waals surface area contributed by atoms with Crippen molar-refractivity contribution in [2.75, 3.05) is 25.6 Å². The molecule has 5 heteroatoms. The van der Waals surface area contributed by atoms with E-state index in [1.54, 1.807) is 19.2 Å². The predicted octanol–water partition coefficient (Wildman–Crippen LogP) is 3.27. The van der Waals surface area contributed by atoms with E-state index in [1.165, 1.54) is 0 Å². The van der Waals surface area contributed by atoms with Crippen molar-refractivity contribution in [3.63, 3.8) is 0 Å². The second kappa shape index (κ2) is 9.11. The number of para-hydroxylation sites is 3. The fourth-order valence-corrected chi connectivity index (χ4v) is 2.03. The molecule has 0 aliphatic carbocycles. The molecule has 124 valence electrons. The van der Waals surface area contributed by atoms with E-state index in [-0.39, 0.29) is 12.6 Å². The lowest BCUT2D eigenvalue weighted by Crippen LogP contribution is -2.29. The number of methoxy groups -OCH3 is 1. The highest BCUT2D eigenvalue weighted by Gasteiger charge is 2.05. The molecule has 0 heterocycles. The third-order valence-electron chi connectivity index (χ3n) is 3.10. The number of nitrogens with one attached hydrogen (secondary N) is 2. The van der Waals surface area contributed by atoms with Crippen molar-refractivity contribution in [3.05, 3.63) is 54.1 Å². The first-order valence-corrected chi connectivity index (χ1v) is 7.63. The van der Waals surface area contributed by atoms with Crippen LogP contribution in [0.1, 0.15) is 12.5 Å². The molecule has 24 heavy (non-hydrogen) atoms. The molecule has 2 aromatic rings. The summed E-state index contributed by atoms with van der Waals surface area (Å²) in [6, 6.07) is 14.4. The number of anilines is 1. The van der Waals surface area contributed by atoms with Gasteiger partial charge in [0, 0.05) is 0 Å². The molecule has 2 amide bonds. The summed E-state index contributed by atoms with van der Waals surface area (Å²) in [6.07, 6.45) is 0. The van der Waals surface area contributed by atoms with Gasteiger partial charge in [0.2, 0.25) is 0 Å². The van der Waals surface area contributed by atoms with Crippen LogP contribution >= 0.6 is 0 Å². The summed E-state index contributed by atoms with van der Waals surface area (Å²) in [7, 11) is 1.60. The number of hydrogen-bond donors (Lipinski definition) is 2. The van der Waals surface area contributed by atoms with Gasteiger partial charge in [-0.3, -0.25) is 0 Å². The third kappa shape index (κ3) is 4.96. The van der Waals surface area contributed by atoms with Gasteiger partial charge in [-0.15, -0.1) is 0 Å². The highest BCUT2D eigenvalue weighted by molar-refractivity contribution is 5.91. The van der Waals surface area contributed by atoms with Gasteiger partial charge in [-0.2, -0.15) is 0 Å². The molecule has 5 nitrogen and oxygen atoms in total. The number of rotatable bonds is 5. The SMILES string of the molecule is CCOc1ccccc1NC(=O)NCC#Cc1ccccc1OC.